The Labute approximate surface area is 187 Å². The number of nitrogens with one attached hydrogen (secondary N) is 1. The number of methoxy groups -OCH3 is 1. The Kier molecular flexibility index (Phi) is 7.06. The molecule has 0 aliphatic heterocycles. The summed E-state index contributed by atoms with van der Waals surface area (Å²) in [6.07, 6.45) is 0. The van der Waals surface area contributed by atoms with E-state index in [4.69, 9.17) is 21.1 Å². The molecule has 1 aromatic heterocycles. The lowest BCUT2D eigenvalue weighted by molar-refractivity contribution is -0.384. The predicted octanol–water partition coefficient (Wildman–Crippen LogP) is 3.61. The fourth-order valence-corrected chi connectivity index (χ4v) is 3.24. The molecule has 1 amide bonds. The highest BCUT2D eigenvalue weighted by atomic mass is 35.5. The van der Waals surface area contributed by atoms with Crippen molar-refractivity contribution in [2.75, 3.05) is 19.0 Å². The second kappa shape index (κ2) is 9.92. The van der Waals surface area contributed by atoms with Gasteiger partial charge in [-0.2, -0.15) is 5.10 Å². The third kappa shape index (κ3) is 5.22. The van der Waals surface area contributed by atoms with Crippen LogP contribution in [0.25, 0.3) is 0 Å². The van der Waals surface area contributed by atoms with E-state index in [-0.39, 0.29) is 27.8 Å². The van der Waals surface area contributed by atoms with E-state index in [1.807, 2.05) is 30.3 Å². The SMILES string of the molecule is COc1cc([N+](=O)[O-])ccc1NC(=O)COC(=O)c1c(C)nn(Cc2ccccc2)c1Cl. The first-order valence-corrected chi connectivity index (χ1v) is 9.74. The lowest BCUT2D eigenvalue weighted by Crippen LogP contribution is -2.21. The number of aromatic nitrogens is 2. The van der Waals surface area contributed by atoms with Crippen molar-refractivity contribution in [3.8, 4) is 5.75 Å². The number of hydrogen-bond acceptors (Lipinski definition) is 7. The molecule has 0 bridgehead atoms. The molecule has 0 atom stereocenters. The predicted molar refractivity (Wildman–Crippen MR) is 116 cm³/mol. The minimum atomic E-state index is -0.794. The van der Waals surface area contributed by atoms with E-state index in [0.29, 0.717) is 12.2 Å². The van der Waals surface area contributed by atoms with Crippen LogP contribution in [0.4, 0.5) is 11.4 Å². The molecule has 0 saturated heterocycles. The van der Waals surface area contributed by atoms with Crippen LogP contribution in [0.15, 0.2) is 48.5 Å². The summed E-state index contributed by atoms with van der Waals surface area (Å²) in [6, 6.07) is 13.2. The van der Waals surface area contributed by atoms with Crippen molar-refractivity contribution >= 4 is 34.9 Å². The van der Waals surface area contributed by atoms with E-state index in [0.717, 1.165) is 5.56 Å². The monoisotopic (exact) mass is 458 g/mol. The maximum absolute atomic E-state index is 12.5. The van der Waals surface area contributed by atoms with Gasteiger partial charge in [-0.25, -0.2) is 9.48 Å². The zero-order valence-electron chi connectivity index (χ0n) is 17.2. The second-order valence-electron chi connectivity index (χ2n) is 6.66. The van der Waals surface area contributed by atoms with Gasteiger partial charge in [0.2, 0.25) is 0 Å². The third-order valence-corrected chi connectivity index (χ3v) is 4.83. The molecule has 2 aromatic carbocycles. The molecule has 1 N–H and O–H groups in total. The van der Waals surface area contributed by atoms with E-state index >= 15 is 0 Å². The molecule has 10 nitrogen and oxygen atoms in total. The van der Waals surface area contributed by atoms with Crippen molar-refractivity contribution in [2.24, 2.45) is 0 Å². The zero-order valence-corrected chi connectivity index (χ0v) is 18.0. The first kappa shape index (κ1) is 22.8. The maximum Gasteiger partial charge on any atom is 0.343 e. The summed E-state index contributed by atoms with van der Waals surface area (Å²) in [4.78, 5) is 35.0. The summed E-state index contributed by atoms with van der Waals surface area (Å²) < 4.78 is 11.6. The first-order valence-electron chi connectivity index (χ1n) is 9.36. The van der Waals surface area contributed by atoms with Gasteiger partial charge >= 0.3 is 5.97 Å². The lowest BCUT2D eigenvalue weighted by Gasteiger charge is -2.10. The molecule has 1 heterocycles. The molecule has 3 aromatic rings. The van der Waals surface area contributed by atoms with Crippen LogP contribution >= 0.6 is 11.6 Å². The highest BCUT2D eigenvalue weighted by Gasteiger charge is 2.23. The number of amides is 1. The smallest absolute Gasteiger partial charge is 0.343 e. The molecule has 0 radical (unpaired) electrons. The van der Waals surface area contributed by atoms with Crippen molar-refractivity contribution < 1.29 is 24.0 Å². The van der Waals surface area contributed by atoms with Gasteiger partial charge in [0, 0.05) is 6.07 Å². The number of esters is 1. The summed E-state index contributed by atoms with van der Waals surface area (Å²) in [7, 11) is 1.31. The van der Waals surface area contributed by atoms with Crippen LogP contribution in [0, 0.1) is 17.0 Å². The Morgan fingerprint density at radius 2 is 1.94 bits per heavy atom. The minimum absolute atomic E-state index is 0.0725. The number of halogens is 1. The Morgan fingerprint density at radius 3 is 2.59 bits per heavy atom. The van der Waals surface area contributed by atoms with Crippen molar-refractivity contribution in [3.05, 3.63) is 80.6 Å². The van der Waals surface area contributed by atoms with Gasteiger partial charge in [0.15, 0.2) is 6.61 Å². The Balaban J connectivity index is 1.65. The van der Waals surface area contributed by atoms with Crippen LogP contribution in [-0.4, -0.2) is 40.3 Å². The second-order valence-corrected chi connectivity index (χ2v) is 7.02. The van der Waals surface area contributed by atoms with Crippen molar-refractivity contribution in [1.82, 2.24) is 9.78 Å². The van der Waals surface area contributed by atoms with E-state index in [9.17, 15) is 19.7 Å². The molecule has 166 valence electrons. The standard InChI is InChI=1S/C21H19ClN4O6/c1-13-19(20(22)25(24-13)11-14-6-4-3-5-7-14)21(28)32-12-18(27)23-16-9-8-15(26(29)30)10-17(16)31-2/h3-10H,11-12H2,1-2H3,(H,23,27). The number of aryl methyl sites for hydroxylation is 1. The number of nitrogens with zero attached hydrogens (tertiary/aromatic N) is 3. The normalized spacial score (nSPS) is 10.5. The molecule has 11 heteroatoms. The van der Waals surface area contributed by atoms with Crippen LogP contribution in [0.1, 0.15) is 21.6 Å². The number of carbonyl (C=O) groups excluding carboxylic acids is 2. The number of ether oxygens (including phenoxy) is 2. The summed E-state index contributed by atoms with van der Waals surface area (Å²) in [5.41, 5.74) is 1.40. The van der Waals surface area contributed by atoms with Crippen molar-refractivity contribution in [2.45, 2.75) is 13.5 Å². The van der Waals surface area contributed by atoms with Gasteiger partial charge < -0.3 is 14.8 Å². The minimum Gasteiger partial charge on any atom is -0.494 e. The number of non-ortho nitro benzene ring substituents is 1. The molecule has 0 aliphatic carbocycles. The Morgan fingerprint density at radius 1 is 1.22 bits per heavy atom. The Bertz CT molecular complexity index is 1160. The van der Waals surface area contributed by atoms with Crippen molar-refractivity contribution in [1.29, 1.82) is 0 Å². The number of nitro benzene ring substituents is 1. The number of benzene rings is 2. The molecule has 0 fully saturated rings. The van der Waals surface area contributed by atoms with Crippen LogP contribution in [0.3, 0.4) is 0 Å². The fraction of sp³-hybridized carbons (Fsp3) is 0.190. The molecular formula is C21H19ClN4O6. The molecule has 0 aliphatic rings. The van der Waals surface area contributed by atoms with E-state index in [1.54, 1.807) is 6.92 Å². The van der Waals surface area contributed by atoms with Gasteiger partial charge in [-0.15, -0.1) is 0 Å². The van der Waals surface area contributed by atoms with Crippen LogP contribution in [0.5, 0.6) is 5.75 Å². The Hall–Kier alpha value is -3.92. The number of hydrogen-bond donors (Lipinski definition) is 1. The quantitative estimate of drug-likeness (QED) is 0.310. The van der Waals surface area contributed by atoms with Gasteiger partial charge in [0.05, 0.1) is 36.0 Å². The largest absolute Gasteiger partial charge is 0.494 e. The van der Waals surface area contributed by atoms with E-state index in [2.05, 4.69) is 10.4 Å². The van der Waals surface area contributed by atoms with E-state index < -0.39 is 23.4 Å². The van der Waals surface area contributed by atoms with Gasteiger partial charge in [0.25, 0.3) is 11.6 Å². The molecular weight excluding hydrogens is 440 g/mol. The lowest BCUT2D eigenvalue weighted by atomic mass is 10.2. The summed E-state index contributed by atoms with van der Waals surface area (Å²) in [6.45, 7) is 1.39. The maximum atomic E-state index is 12.5. The molecule has 32 heavy (non-hydrogen) atoms. The zero-order chi connectivity index (χ0) is 23.3. The summed E-state index contributed by atoms with van der Waals surface area (Å²) in [5, 5.41) is 17.7. The number of rotatable bonds is 8. The highest BCUT2D eigenvalue weighted by Crippen LogP contribution is 2.29. The number of nitro groups is 1. The third-order valence-electron chi connectivity index (χ3n) is 4.45. The average molecular weight is 459 g/mol. The topological polar surface area (TPSA) is 126 Å². The molecule has 3 rings (SSSR count). The molecule has 0 saturated carbocycles. The number of carbonyl (C=O) groups is 2. The van der Waals surface area contributed by atoms with Crippen molar-refractivity contribution in [3.63, 3.8) is 0 Å². The van der Waals surface area contributed by atoms with Gasteiger partial charge in [-0.1, -0.05) is 41.9 Å². The van der Waals surface area contributed by atoms with Crippen LogP contribution in [0.2, 0.25) is 5.15 Å². The first-order chi connectivity index (χ1) is 15.3. The summed E-state index contributed by atoms with van der Waals surface area (Å²) >= 11 is 6.33. The van der Waals surface area contributed by atoms with Gasteiger partial charge in [-0.05, 0) is 18.6 Å². The van der Waals surface area contributed by atoms with Gasteiger partial charge in [0.1, 0.15) is 16.5 Å². The molecule has 0 unspecified atom stereocenters. The molecule has 0 spiro atoms. The summed E-state index contributed by atoms with van der Waals surface area (Å²) in [5.74, 6) is -1.35. The average Bonchev–Trinajstić information content (AvgIpc) is 3.05. The fourth-order valence-electron chi connectivity index (χ4n) is 2.93. The van der Waals surface area contributed by atoms with Crippen LogP contribution in [-0.2, 0) is 16.1 Å². The number of anilines is 1. The van der Waals surface area contributed by atoms with Gasteiger partial charge in [-0.3, -0.25) is 14.9 Å². The highest BCUT2D eigenvalue weighted by molar-refractivity contribution is 6.32. The van der Waals surface area contributed by atoms with Crippen LogP contribution < -0.4 is 10.1 Å². The van der Waals surface area contributed by atoms with E-state index in [1.165, 1.54) is 30.0 Å².